The van der Waals surface area contributed by atoms with E-state index in [4.69, 9.17) is 0 Å². The number of rotatable bonds is 2. The molecule has 2 saturated heterocycles. The Bertz CT molecular complexity index is 383. The Hall–Kier alpha value is -0.570. The summed E-state index contributed by atoms with van der Waals surface area (Å²) >= 11 is 0. The van der Waals surface area contributed by atoms with Gasteiger partial charge in [-0.2, -0.15) is 0 Å². The fourth-order valence-corrected chi connectivity index (χ4v) is 5.46. The van der Waals surface area contributed by atoms with Gasteiger partial charge in [0.15, 0.2) is 0 Å². The molecular weight excluding hydrogens is 236 g/mol. The minimum absolute atomic E-state index is 0.458. The summed E-state index contributed by atoms with van der Waals surface area (Å²) < 4.78 is 0. The predicted octanol–water partition coefficient (Wildman–Crippen LogP) is 1.88. The van der Waals surface area contributed by atoms with E-state index in [1.807, 2.05) is 0 Å². The first kappa shape index (κ1) is 12.2. The maximum atomic E-state index is 12.6. The minimum atomic E-state index is 0.458. The van der Waals surface area contributed by atoms with Crippen LogP contribution in [-0.2, 0) is 4.79 Å². The highest BCUT2D eigenvalue weighted by molar-refractivity contribution is 5.77. The Labute approximate surface area is 116 Å². The van der Waals surface area contributed by atoms with Crippen LogP contribution in [0.5, 0.6) is 0 Å². The van der Waals surface area contributed by atoms with Crippen LogP contribution in [-0.4, -0.2) is 36.5 Å². The maximum absolute atomic E-state index is 12.6. The number of likely N-dealkylation sites (tertiary alicyclic amines) is 1. The quantitative estimate of drug-likeness (QED) is 0.824. The van der Waals surface area contributed by atoms with Crippen LogP contribution in [0.1, 0.15) is 39.0 Å². The third-order valence-electron chi connectivity index (χ3n) is 6.58. The van der Waals surface area contributed by atoms with Crippen LogP contribution in [0.3, 0.4) is 0 Å². The molecule has 2 saturated carbocycles. The van der Waals surface area contributed by atoms with E-state index in [2.05, 4.69) is 17.1 Å². The van der Waals surface area contributed by atoms with Gasteiger partial charge in [-0.05, 0) is 55.8 Å². The average molecular weight is 262 g/mol. The number of fused-ring (bicyclic) bond motifs is 3. The van der Waals surface area contributed by atoms with Gasteiger partial charge in [0.05, 0.1) is 0 Å². The van der Waals surface area contributed by atoms with Crippen molar-refractivity contribution in [2.75, 3.05) is 19.6 Å². The zero-order valence-corrected chi connectivity index (χ0v) is 12.0. The summed E-state index contributed by atoms with van der Waals surface area (Å²) in [5.41, 5.74) is 0. The number of hydrogen-bond acceptors (Lipinski definition) is 2. The normalized spacial score (nSPS) is 47.9. The molecule has 106 valence electrons. The molecule has 2 bridgehead atoms. The van der Waals surface area contributed by atoms with Crippen LogP contribution in [0.25, 0.3) is 0 Å². The number of hydrogen-bond donors (Lipinski definition) is 1. The highest BCUT2D eigenvalue weighted by atomic mass is 16.2. The van der Waals surface area contributed by atoms with Gasteiger partial charge in [0.1, 0.15) is 0 Å². The van der Waals surface area contributed by atoms with Crippen molar-refractivity contribution < 1.29 is 4.79 Å². The Balaban J connectivity index is 1.39. The summed E-state index contributed by atoms with van der Waals surface area (Å²) in [4.78, 5) is 14.8. The molecule has 4 rings (SSSR count). The van der Waals surface area contributed by atoms with Crippen LogP contribution in [0.2, 0.25) is 0 Å². The summed E-state index contributed by atoms with van der Waals surface area (Å²) in [6.07, 6.45) is 6.44. The molecule has 2 heterocycles. The molecular formula is C16H26N2O. The largest absolute Gasteiger partial charge is 0.339 e. The molecule has 19 heavy (non-hydrogen) atoms. The number of nitrogens with one attached hydrogen (secondary N) is 1. The SMILES string of the molecule is CC1C2CNCC2CN1C(=O)CC1CC2CCC1C2. The first-order valence-electron chi connectivity index (χ1n) is 8.22. The van der Waals surface area contributed by atoms with Crippen LogP contribution >= 0.6 is 0 Å². The average Bonchev–Trinajstić information content (AvgIpc) is 3.11. The lowest BCUT2D eigenvalue weighted by Gasteiger charge is -2.28. The molecule has 0 aromatic rings. The van der Waals surface area contributed by atoms with Crippen molar-refractivity contribution in [2.45, 2.75) is 45.1 Å². The van der Waals surface area contributed by atoms with Gasteiger partial charge in [0.2, 0.25) is 5.91 Å². The summed E-state index contributed by atoms with van der Waals surface area (Å²) in [5.74, 6) is 4.45. The topological polar surface area (TPSA) is 32.3 Å². The molecule has 2 aliphatic carbocycles. The van der Waals surface area contributed by atoms with Gasteiger partial charge in [0, 0.05) is 32.1 Å². The first-order chi connectivity index (χ1) is 9.22. The molecule has 6 unspecified atom stereocenters. The second kappa shape index (κ2) is 4.47. The van der Waals surface area contributed by atoms with Gasteiger partial charge >= 0.3 is 0 Å². The van der Waals surface area contributed by atoms with Crippen molar-refractivity contribution >= 4 is 5.91 Å². The van der Waals surface area contributed by atoms with Gasteiger partial charge in [-0.1, -0.05) is 6.42 Å². The standard InChI is InChI=1S/C16H26N2O/c1-10-15-8-17-7-14(15)9-18(10)16(19)6-13-5-11-2-3-12(13)4-11/h10-15,17H,2-9H2,1H3. The fraction of sp³-hybridized carbons (Fsp3) is 0.938. The summed E-state index contributed by atoms with van der Waals surface area (Å²) in [5, 5.41) is 3.47. The third kappa shape index (κ3) is 1.93. The van der Waals surface area contributed by atoms with E-state index in [0.29, 0.717) is 17.9 Å². The van der Waals surface area contributed by atoms with E-state index in [0.717, 1.165) is 49.7 Å². The predicted molar refractivity (Wildman–Crippen MR) is 74.6 cm³/mol. The van der Waals surface area contributed by atoms with Crippen molar-refractivity contribution in [1.29, 1.82) is 0 Å². The van der Waals surface area contributed by atoms with Crippen molar-refractivity contribution in [3.63, 3.8) is 0 Å². The molecule has 4 fully saturated rings. The maximum Gasteiger partial charge on any atom is 0.223 e. The summed E-state index contributed by atoms with van der Waals surface area (Å²) in [6.45, 7) is 5.51. The van der Waals surface area contributed by atoms with Gasteiger partial charge in [0.25, 0.3) is 0 Å². The van der Waals surface area contributed by atoms with E-state index >= 15 is 0 Å². The van der Waals surface area contributed by atoms with Crippen LogP contribution < -0.4 is 5.32 Å². The molecule has 6 atom stereocenters. The Morgan fingerprint density at radius 1 is 1.21 bits per heavy atom. The third-order valence-corrected chi connectivity index (χ3v) is 6.58. The molecule has 1 N–H and O–H groups in total. The van der Waals surface area contributed by atoms with Crippen LogP contribution in [0, 0.1) is 29.6 Å². The second-order valence-corrected chi connectivity index (χ2v) is 7.51. The number of amides is 1. The molecule has 0 spiro atoms. The van der Waals surface area contributed by atoms with Crippen molar-refractivity contribution in [3.05, 3.63) is 0 Å². The van der Waals surface area contributed by atoms with E-state index in [1.165, 1.54) is 25.7 Å². The van der Waals surface area contributed by atoms with Crippen LogP contribution in [0.4, 0.5) is 0 Å². The zero-order chi connectivity index (χ0) is 13.0. The second-order valence-electron chi connectivity index (χ2n) is 7.51. The molecule has 3 heteroatoms. The molecule has 0 aromatic carbocycles. The smallest absolute Gasteiger partial charge is 0.223 e. The van der Waals surface area contributed by atoms with Crippen molar-refractivity contribution in [1.82, 2.24) is 10.2 Å². The molecule has 4 aliphatic rings. The molecule has 2 aliphatic heterocycles. The zero-order valence-electron chi connectivity index (χ0n) is 12.0. The number of carbonyl (C=O) groups is 1. The lowest BCUT2D eigenvalue weighted by molar-refractivity contribution is -0.133. The van der Waals surface area contributed by atoms with Crippen molar-refractivity contribution in [3.8, 4) is 0 Å². The summed E-state index contributed by atoms with van der Waals surface area (Å²) in [6, 6.07) is 0.464. The highest BCUT2D eigenvalue weighted by Gasteiger charge is 2.45. The highest BCUT2D eigenvalue weighted by Crippen LogP contribution is 2.50. The van der Waals surface area contributed by atoms with Gasteiger partial charge in [-0.15, -0.1) is 0 Å². The lowest BCUT2D eigenvalue weighted by Crippen LogP contribution is -2.39. The minimum Gasteiger partial charge on any atom is -0.339 e. The van der Waals surface area contributed by atoms with E-state index in [9.17, 15) is 4.79 Å². The molecule has 3 nitrogen and oxygen atoms in total. The Morgan fingerprint density at radius 3 is 2.79 bits per heavy atom. The van der Waals surface area contributed by atoms with Gasteiger partial charge in [-0.3, -0.25) is 4.79 Å². The molecule has 0 radical (unpaired) electrons. The monoisotopic (exact) mass is 262 g/mol. The van der Waals surface area contributed by atoms with Crippen LogP contribution in [0.15, 0.2) is 0 Å². The Kier molecular flexibility index (Phi) is 2.87. The van der Waals surface area contributed by atoms with E-state index in [1.54, 1.807) is 0 Å². The van der Waals surface area contributed by atoms with Gasteiger partial charge in [-0.25, -0.2) is 0 Å². The van der Waals surface area contributed by atoms with Crippen molar-refractivity contribution in [2.24, 2.45) is 29.6 Å². The van der Waals surface area contributed by atoms with Gasteiger partial charge < -0.3 is 10.2 Å². The van der Waals surface area contributed by atoms with E-state index in [-0.39, 0.29) is 0 Å². The first-order valence-corrected chi connectivity index (χ1v) is 8.22. The molecule has 0 aromatic heterocycles. The Morgan fingerprint density at radius 2 is 2.11 bits per heavy atom. The number of carbonyl (C=O) groups excluding carboxylic acids is 1. The number of nitrogens with zero attached hydrogens (tertiary/aromatic N) is 1. The fourth-order valence-electron chi connectivity index (χ4n) is 5.46. The summed E-state index contributed by atoms with van der Waals surface area (Å²) in [7, 11) is 0. The van der Waals surface area contributed by atoms with E-state index < -0.39 is 0 Å². The lowest BCUT2D eigenvalue weighted by atomic mass is 9.86. The molecule has 1 amide bonds.